The van der Waals surface area contributed by atoms with Crippen LogP contribution in [0.1, 0.15) is 60.8 Å². The summed E-state index contributed by atoms with van der Waals surface area (Å²) in [5.74, 6) is -0.910. The summed E-state index contributed by atoms with van der Waals surface area (Å²) in [7, 11) is 0. The number of hydrogen-bond donors (Lipinski definition) is 6. The van der Waals surface area contributed by atoms with Gasteiger partial charge in [-0.25, -0.2) is 0 Å². The molecule has 0 aromatic rings. The predicted octanol–water partition coefficient (Wildman–Crippen LogP) is -0.371. The van der Waals surface area contributed by atoms with Gasteiger partial charge in [0.05, 0.1) is 13.1 Å². The summed E-state index contributed by atoms with van der Waals surface area (Å²) in [5.41, 5.74) is 5.22. The first-order chi connectivity index (χ1) is 14.3. The predicted molar refractivity (Wildman–Crippen MR) is 121 cm³/mol. The molecule has 10 heteroatoms. The van der Waals surface area contributed by atoms with E-state index in [1.807, 2.05) is 27.7 Å². The molecule has 0 aliphatic heterocycles. The molecule has 0 spiro atoms. The van der Waals surface area contributed by atoms with Crippen LogP contribution in [0, 0.1) is 0 Å². The highest BCUT2D eigenvalue weighted by Crippen LogP contribution is 2.00. The lowest BCUT2D eigenvalue weighted by atomic mass is 10.1. The van der Waals surface area contributed by atoms with Crippen molar-refractivity contribution in [2.45, 2.75) is 72.9 Å². The smallest absolute Gasteiger partial charge is 0.240 e. The maximum atomic E-state index is 11.3. The van der Waals surface area contributed by atoms with Crippen LogP contribution in [0.4, 0.5) is 0 Å². The minimum absolute atomic E-state index is 0.0688. The summed E-state index contributed by atoms with van der Waals surface area (Å²) >= 11 is 0. The van der Waals surface area contributed by atoms with Gasteiger partial charge in [0.25, 0.3) is 0 Å². The van der Waals surface area contributed by atoms with Gasteiger partial charge < -0.3 is 32.3 Å². The zero-order chi connectivity index (χ0) is 23.8. The minimum atomic E-state index is -0.681. The molecule has 0 heterocycles. The van der Waals surface area contributed by atoms with Gasteiger partial charge in [-0.15, -0.1) is 0 Å². The molecule has 178 valence electrons. The summed E-state index contributed by atoms with van der Waals surface area (Å²) in [6, 6.07) is -0.249. The topological polar surface area (TPSA) is 154 Å². The molecule has 0 aromatic heterocycles. The van der Waals surface area contributed by atoms with Gasteiger partial charge in [0.1, 0.15) is 6.04 Å². The summed E-state index contributed by atoms with van der Waals surface area (Å²) in [6.07, 6.45) is 2.62. The van der Waals surface area contributed by atoms with Gasteiger partial charge in [-0.3, -0.25) is 19.2 Å². The lowest BCUT2D eigenvalue weighted by molar-refractivity contribution is -0.127. The van der Waals surface area contributed by atoms with Crippen molar-refractivity contribution in [3.63, 3.8) is 0 Å². The van der Waals surface area contributed by atoms with Gasteiger partial charge in [-0.1, -0.05) is 34.6 Å². The first kappa shape index (κ1) is 32.5. The molecule has 7 N–H and O–H groups in total. The van der Waals surface area contributed by atoms with E-state index in [0.29, 0.717) is 32.0 Å². The largest absolute Gasteiger partial charge is 0.368 e. The van der Waals surface area contributed by atoms with E-state index < -0.39 is 17.9 Å². The number of nitrogens with two attached hydrogens (primary N) is 1. The molecule has 0 rings (SSSR count). The van der Waals surface area contributed by atoms with Crippen LogP contribution in [0.2, 0.25) is 0 Å². The third kappa shape index (κ3) is 25.8. The normalized spacial score (nSPS) is 10.5. The van der Waals surface area contributed by atoms with Crippen LogP contribution in [-0.2, 0) is 19.2 Å². The van der Waals surface area contributed by atoms with Gasteiger partial charge in [0.15, 0.2) is 0 Å². The summed E-state index contributed by atoms with van der Waals surface area (Å²) in [6.45, 7) is 14.7. The van der Waals surface area contributed by atoms with Crippen LogP contribution in [0.3, 0.4) is 0 Å². The average Bonchev–Trinajstić information content (AvgIpc) is 2.71. The van der Waals surface area contributed by atoms with E-state index in [1.54, 1.807) is 0 Å². The Balaban J connectivity index is -0.000000554. The van der Waals surface area contributed by atoms with Crippen LogP contribution in [0.5, 0.6) is 0 Å². The highest BCUT2D eigenvalue weighted by Gasteiger charge is 2.17. The van der Waals surface area contributed by atoms with E-state index in [4.69, 9.17) is 5.73 Å². The number of nitrogens with one attached hydrogen (secondary N) is 5. The van der Waals surface area contributed by atoms with Crippen molar-refractivity contribution in [3.05, 3.63) is 0 Å². The molecule has 0 radical (unpaired) electrons. The van der Waals surface area contributed by atoms with Crippen LogP contribution in [0.25, 0.3) is 0 Å². The molecule has 0 fully saturated rings. The van der Waals surface area contributed by atoms with Crippen molar-refractivity contribution < 1.29 is 19.2 Å². The van der Waals surface area contributed by atoms with Crippen molar-refractivity contribution in [1.82, 2.24) is 26.6 Å². The number of carbonyl (C=O) groups excluding carboxylic acids is 4. The van der Waals surface area contributed by atoms with Crippen molar-refractivity contribution in [1.29, 1.82) is 0 Å². The molecule has 0 aromatic carbocycles. The number of hydrogen-bond acceptors (Lipinski definition) is 6. The molecule has 0 aliphatic carbocycles. The molecule has 1 unspecified atom stereocenters. The molecular formula is C20H44N6O4. The van der Waals surface area contributed by atoms with Crippen molar-refractivity contribution in [2.24, 2.45) is 5.73 Å². The summed E-state index contributed by atoms with van der Waals surface area (Å²) < 4.78 is 0. The van der Waals surface area contributed by atoms with E-state index in [0.717, 1.165) is 25.9 Å². The Bertz CT molecular complexity index is 447. The van der Waals surface area contributed by atoms with Crippen molar-refractivity contribution in [3.8, 4) is 0 Å². The number of likely N-dealkylation sites (N-methyl/N-ethyl adjacent to an activating group) is 2. The maximum Gasteiger partial charge on any atom is 0.240 e. The number of unbranched alkanes of at least 4 members (excludes halogenated alkanes) is 1. The molecule has 0 saturated carbocycles. The third-order valence-electron chi connectivity index (χ3n) is 3.41. The Morgan fingerprint density at radius 1 is 0.967 bits per heavy atom. The molecule has 0 aliphatic rings. The molecule has 30 heavy (non-hydrogen) atoms. The van der Waals surface area contributed by atoms with Gasteiger partial charge in [0, 0.05) is 12.6 Å². The van der Waals surface area contributed by atoms with Gasteiger partial charge in [0.2, 0.25) is 24.1 Å². The SMILES string of the molecule is CC.CC(C)NCCCCC(NC(=O)CNC=O)C(N)=O.CCNCC(=O)NCC. The van der Waals surface area contributed by atoms with E-state index in [2.05, 4.69) is 40.4 Å². The Morgan fingerprint density at radius 2 is 1.60 bits per heavy atom. The zero-order valence-corrected chi connectivity index (χ0v) is 19.6. The van der Waals surface area contributed by atoms with E-state index in [-0.39, 0.29) is 12.5 Å². The number of primary amides is 1. The summed E-state index contributed by atoms with van der Waals surface area (Å²) in [5, 5.41) is 13.6. The standard InChI is InChI=1S/C12H24N4O3.C6H14N2O.C2H6/c1-9(2)15-6-4-3-5-10(12(13)19)16-11(18)7-14-8-17;1-3-7-5-6(9)8-4-2;1-2/h8-10,15H,3-7H2,1-2H3,(H2,13,19)(H,14,17)(H,16,18);7H,3-5H2,1-2H3,(H,8,9);1-2H3. The molecule has 0 bridgehead atoms. The van der Waals surface area contributed by atoms with E-state index in [9.17, 15) is 19.2 Å². The average molecular weight is 433 g/mol. The highest BCUT2D eigenvalue weighted by atomic mass is 16.2. The molecule has 0 saturated heterocycles. The highest BCUT2D eigenvalue weighted by molar-refractivity contribution is 5.87. The Morgan fingerprint density at radius 3 is 2.07 bits per heavy atom. The maximum absolute atomic E-state index is 11.3. The third-order valence-corrected chi connectivity index (χ3v) is 3.41. The van der Waals surface area contributed by atoms with Crippen molar-refractivity contribution in [2.75, 3.05) is 32.7 Å². The Labute approximate surface area is 181 Å². The molecule has 10 nitrogen and oxygen atoms in total. The second kappa shape index (κ2) is 24.8. The number of rotatable bonds is 15. The van der Waals surface area contributed by atoms with E-state index in [1.165, 1.54) is 0 Å². The van der Waals surface area contributed by atoms with Gasteiger partial charge in [-0.05, 0) is 39.3 Å². The minimum Gasteiger partial charge on any atom is -0.368 e. The van der Waals surface area contributed by atoms with E-state index >= 15 is 0 Å². The fraction of sp³-hybridized carbons (Fsp3) is 0.800. The first-order valence-corrected chi connectivity index (χ1v) is 10.7. The van der Waals surface area contributed by atoms with Crippen molar-refractivity contribution >= 4 is 24.1 Å². The molecule has 1 atom stereocenters. The van der Waals surface area contributed by atoms with Crippen LogP contribution in [0.15, 0.2) is 0 Å². The quantitative estimate of drug-likeness (QED) is 0.153. The van der Waals surface area contributed by atoms with Gasteiger partial charge >= 0.3 is 0 Å². The van der Waals surface area contributed by atoms with Crippen LogP contribution >= 0.6 is 0 Å². The summed E-state index contributed by atoms with van der Waals surface area (Å²) in [4.78, 5) is 43.2. The zero-order valence-electron chi connectivity index (χ0n) is 19.6. The number of carbonyl (C=O) groups is 4. The van der Waals surface area contributed by atoms with Crippen LogP contribution < -0.4 is 32.3 Å². The lowest BCUT2D eigenvalue weighted by Gasteiger charge is -2.15. The second-order valence-electron chi connectivity index (χ2n) is 6.36. The van der Waals surface area contributed by atoms with Gasteiger partial charge in [-0.2, -0.15) is 0 Å². The Hall–Kier alpha value is -2.20. The lowest BCUT2D eigenvalue weighted by Crippen LogP contribution is -2.47. The van der Waals surface area contributed by atoms with Crippen LogP contribution in [-0.4, -0.2) is 68.9 Å². The molecular weight excluding hydrogens is 388 g/mol. The fourth-order valence-corrected chi connectivity index (χ4v) is 2.03. The number of amides is 4. The fourth-order valence-electron chi connectivity index (χ4n) is 2.03. The second-order valence-corrected chi connectivity index (χ2v) is 6.36. The molecule has 4 amide bonds. The monoisotopic (exact) mass is 432 g/mol. The Kier molecular flexibility index (Phi) is 26.9. The first-order valence-electron chi connectivity index (χ1n) is 10.7.